The predicted molar refractivity (Wildman–Crippen MR) is 64.7 cm³/mol. The molecule has 1 heterocycles. The number of benzene rings is 1. The Kier molecular flexibility index (Phi) is 2.95. The number of aromatic amines is 1. The molecular formula is C13H16N2O. The SMILES string of the molecule is COc1ccc(-c2cnc[nH]2)cc1C(C)C. The highest BCUT2D eigenvalue weighted by molar-refractivity contribution is 5.61. The molecule has 1 aromatic heterocycles. The Morgan fingerprint density at radius 3 is 2.69 bits per heavy atom. The van der Waals surface area contributed by atoms with Crippen molar-refractivity contribution in [3.63, 3.8) is 0 Å². The fraction of sp³-hybridized carbons (Fsp3) is 0.308. The summed E-state index contributed by atoms with van der Waals surface area (Å²) in [6.45, 7) is 4.32. The van der Waals surface area contributed by atoms with E-state index in [1.165, 1.54) is 5.56 Å². The van der Waals surface area contributed by atoms with Crippen LogP contribution in [0.1, 0.15) is 25.3 Å². The second kappa shape index (κ2) is 4.39. The summed E-state index contributed by atoms with van der Waals surface area (Å²) < 4.78 is 5.35. The molecule has 0 aliphatic heterocycles. The lowest BCUT2D eigenvalue weighted by Gasteiger charge is -2.12. The summed E-state index contributed by atoms with van der Waals surface area (Å²) >= 11 is 0. The van der Waals surface area contributed by atoms with Crippen LogP contribution in [0, 0.1) is 0 Å². The minimum absolute atomic E-state index is 0.442. The number of nitrogens with one attached hydrogen (secondary N) is 1. The van der Waals surface area contributed by atoms with E-state index < -0.39 is 0 Å². The van der Waals surface area contributed by atoms with Crippen LogP contribution in [0.25, 0.3) is 11.3 Å². The quantitative estimate of drug-likeness (QED) is 0.855. The Hall–Kier alpha value is -1.77. The first-order valence-corrected chi connectivity index (χ1v) is 5.39. The van der Waals surface area contributed by atoms with Crippen LogP contribution in [0.3, 0.4) is 0 Å². The Labute approximate surface area is 95.5 Å². The van der Waals surface area contributed by atoms with E-state index in [4.69, 9.17) is 4.74 Å². The van der Waals surface area contributed by atoms with Crippen molar-refractivity contribution in [2.75, 3.05) is 7.11 Å². The van der Waals surface area contributed by atoms with Gasteiger partial charge in [0, 0.05) is 5.56 Å². The molecule has 1 N–H and O–H groups in total. The van der Waals surface area contributed by atoms with Crippen LogP contribution in [0.15, 0.2) is 30.7 Å². The molecule has 0 saturated heterocycles. The molecule has 2 aromatic rings. The van der Waals surface area contributed by atoms with Gasteiger partial charge in [-0.1, -0.05) is 13.8 Å². The monoisotopic (exact) mass is 216 g/mol. The molecule has 3 nitrogen and oxygen atoms in total. The minimum Gasteiger partial charge on any atom is -0.496 e. The highest BCUT2D eigenvalue weighted by atomic mass is 16.5. The van der Waals surface area contributed by atoms with Gasteiger partial charge < -0.3 is 9.72 Å². The summed E-state index contributed by atoms with van der Waals surface area (Å²) in [4.78, 5) is 7.13. The first-order chi connectivity index (χ1) is 7.72. The molecule has 0 bridgehead atoms. The van der Waals surface area contributed by atoms with Crippen molar-refractivity contribution < 1.29 is 4.74 Å². The zero-order chi connectivity index (χ0) is 11.5. The molecule has 0 atom stereocenters. The van der Waals surface area contributed by atoms with E-state index in [0.717, 1.165) is 17.0 Å². The first kappa shape index (κ1) is 10.7. The van der Waals surface area contributed by atoms with Crippen molar-refractivity contribution in [1.29, 1.82) is 0 Å². The fourth-order valence-electron chi connectivity index (χ4n) is 1.77. The molecule has 3 heteroatoms. The molecule has 0 spiro atoms. The van der Waals surface area contributed by atoms with Gasteiger partial charge in [-0.3, -0.25) is 0 Å². The first-order valence-electron chi connectivity index (χ1n) is 5.39. The third-order valence-electron chi connectivity index (χ3n) is 2.66. The molecule has 0 unspecified atom stereocenters. The predicted octanol–water partition coefficient (Wildman–Crippen LogP) is 3.21. The standard InChI is InChI=1S/C13H16N2O/c1-9(2)11-6-10(4-5-13(11)16-3)12-7-14-8-15-12/h4-9H,1-3H3,(H,14,15). The molecule has 0 aliphatic rings. The van der Waals surface area contributed by atoms with Gasteiger partial charge in [-0.25, -0.2) is 4.98 Å². The maximum Gasteiger partial charge on any atom is 0.122 e. The van der Waals surface area contributed by atoms with Crippen molar-refractivity contribution >= 4 is 0 Å². The summed E-state index contributed by atoms with van der Waals surface area (Å²) in [6.07, 6.45) is 3.51. The number of rotatable bonds is 3. The topological polar surface area (TPSA) is 37.9 Å². The Morgan fingerprint density at radius 2 is 2.12 bits per heavy atom. The smallest absolute Gasteiger partial charge is 0.122 e. The molecule has 0 radical (unpaired) electrons. The number of hydrogen-bond donors (Lipinski definition) is 1. The van der Waals surface area contributed by atoms with Crippen LogP contribution in [0.2, 0.25) is 0 Å². The highest BCUT2D eigenvalue weighted by Gasteiger charge is 2.09. The average molecular weight is 216 g/mol. The number of methoxy groups -OCH3 is 1. The number of aromatic nitrogens is 2. The Balaban J connectivity index is 2.47. The van der Waals surface area contributed by atoms with E-state index in [-0.39, 0.29) is 0 Å². The van der Waals surface area contributed by atoms with Gasteiger partial charge in [0.1, 0.15) is 5.75 Å². The van der Waals surface area contributed by atoms with E-state index in [1.807, 2.05) is 18.3 Å². The van der Waals surface area contributed by atoms with E-state index in [2.05, 4.69) is 29.9 Å². The second-order valence-corrected chi connectivity index (χ2v) is 4.08. The zero-order valence-corrected chi connectivity index (χ0v) is 9.82. The third-order valence-corrected chi connectivity index (χ3v) is 2.66. The van der Waals surface area contributed by atoms with Gasteiger partial charge in [0.2, 0.25) is 0 Å². The van der Waals surface area contributed by atoms with Crippen LogP contribution < -0.4 is 4.74 Å². The van der Waals surface area contributed by atoms with Crippen molar-refractivity contribution in [1.82, 2.24) is 9.97 Å². The molecule has 0 fully saturated rings. The van der Waals surface area contributed by atoms with Crippen LogP contribution in [0.4, 0.5) is 0 Å². The lowest BCUT2D eigenvalue weighted by atomic mass is 9.98. The average Bonchev–Trinajstić information content (AvgIpc) is 2.81. The van der Waals surface area contributed by atoms with Gasteiger partial charge in [-0.15, -0.1) is 0 Å². The fourth-order valence-corrected chi connectivity index (χ4v) is 1.77. The van der Waals surface area contributed by atoms with E-state index in [1.54, 1.807) is 13.4 Å². The van der Waals surface area contributed by atoms with Crippen molar-refractivity contribution in [3.05, 3.63) is 36.3 Å². The number of H-pyrrole nitrogens is 1. The highest BCUT2D eigenvalue weighted by Crippen LogP contribution is 2.30. The summed E-state index contributed by atoms with van der Waals surface area (Å²) in [5, 5.41) is 0. The molecule has 0 amide bonds. The van der Waals surface area contributed by atoms with Crippen molar-refractivity contribution in [2.45, 2.75) is 19.8 Å². The lowest BCUT2D eigenvalue weighted by molar-refractivity contribution is 0.407. The number of hydrogen-bond acceptors (Lipinski definition) is 2. The van der Waals surface area contributed by atoms with E-state index in [0.29, 0.717) is 5.92 Å². The second-order valence-electron chi connectivity index (χ2n) is 4.08. The Morgan fingerprint density at radius 1 is 1.31 bits per heavy atom. The summed E-state index contributed by atoms with van der Waals surface area (Å²) in [6, 6.07) is 6.20. The minimum atomic E-state index is 0.442. The maximum atomic E-state index is 5.35. The van der Waals surface area contributed by atoms with Crippen LogP contribution >= 0.6 is 0 Å². The van der Waals surface area contributed by atoms with Crippen LogP contribution in [-0.4, -0.2) is 17.1 Å². The molecule has 84 valence electrons. The summed E-state index contributed by atoms with van der Waals surface area (Å²) in [5.41, 5.74) is 3.39. The molecule has 16 heavy (non-hydrogen) atoms. The van der Waals surface area contributed by atoms with Gasteiger partial charge in [0.15, 0.2) is 0 Å². The maximum absolute atomic E-state index is 5.35. The molecule has 0 aliphatic carbocycles. The van der Waals surface area contributed by atoms with E-state index in [9.17, 15) is 0 Å². The summed E-state index contributed by atoms with van der Waals surface area (Å²) in [5.74, 6) is 1.39. The number of nitrogens with zero attached hydrogens (tertiary/aromatic N) is 1. The molecule has 0 saturated carbocycles. The summed E-state index contributed by atoms with van der Waals surface area (Å²) in [7, 11) is 1.71. The zero-order valence-electron chi connectivity index (χ0n) is 9.82. The van der Waals surface area contributed by atoms with Gasteiger partial charge in [-0.2, -0.15) is 0 Å². The Bertz CT molecular complexity index is 461. The number of ether oxygens (including phenoxy) is 1. The lowest BCUT2D eigenvalue weighted by Crippen LogP contribution is -1.94. The van der Waals surface area contributed by atoms with Gasteiger partial charge in [0.05, 0.1) is 25.3 Å². The normalized spacial score (nSPS) is 10.8. The van der Waals surface area contributed by atoms with Gasteiger partial charge >= 0.3 is 0 Å². The van der Waals surface area contributed by atoms with Crippen LogP contribution in [0.5, 0.6) is 5.75 Å². The largest absolute Gasteiger partial charge is 0.496 e. The molecular weight excluding hydrogens is 200 g/mol. The number of imidazole rings is 1. The molecule has 1 aromatic carbocycles. The van der Waals surface area contributed by atoms with Gasteiger partial charge in [-0.05, 0) is 29.7 Å². The van der Waals surface area contributed by atoms with Gasteiger partial charge in [0.25, 0.3) is 0 Å². The van der Waals surface area contributed by atoms with Crippen LogP contribution in [-0.2, 0) is 0 Å². The third kappa shape index (κ3) is 1.94. The van der Waals surface area contributed by atoms with Crippen molar-refractivity contribution in [3.8, 4) is 17.0 Å². The van der Waals surface area contributed by atoms with E-state index >= 15 is 0 Å². The van der Waals surface area contributed by atoms with Crippen molar-refractivity contribution in [2.24, 2.45) is 0 Å². The molecule has 2 rings (SSSR count).